The molecule has 0 aromatic rings. The second-order valence-electron chi connectivity index (χ2n) is 3.87. The van der Waals surface area contributed by atoms with Crippen LogP contribution in [0.5, 0.6) is 0 Å². The van der Waals surface area contributed by atoms with Gasteiger partial charge in [-0.2, -0.15) is 0 Å². The van der Waals surface area contributed by atoms with E-state index < -0.39 is 5.92 Å². The lowest BCUT2D eigenvalue weighted by atomic mass is 10.0. The maximum atomic E-state index is 12.7. The van der Waals surface area contributed by atoms with Crippen molar-refractivity contribution in [3.8, 4) is 0 Å². The molecule has 0 radical (unpaired) electrons. The molecule has 0 aliphatic carbocycles. The topological polar surface area (TPSA) is 15.3 Å². The molecule has 2 nitrogen and oxygen atoms in total. The molecule has 4 heteroatoms. The molecular weight excluding hydrogens is 162 g/mol. The fourth-order valence-corrected chi connectivity index (χ4v) is 1.81. The van der Waals surface area contributed by atoms with E-state index in [9.17, 15) is 8.78 Å². The number of hydrogen-bond acceptors (Lipinski definition) is 2. The van der Waals surface area contributed by atoms with Gasteiger partial charge in [0.05, 0.1) is 6.54 Å². The average Bonchev–Trinajstić information content (AvgIpc) is 2.21. The lowest BCUT2D eigenvalue weighted by Crippen LogP contribution is -2.48. The van der Waals surface area contributed by atoms with Crippen LogP contribution in [0.2, 0.25) is 0 Å². The van der Waals surface area contributed by atoms with Crippen molar-refractivity contribution in [2.24, 2.45) is 5.92 Å². The molecule has 0 saturated carbocycles. The van der Waals surface area contributed by atoms with E-state index in [-0.39, 0.29) is 13.0 Å². The third kappa shape index (κ3) is 1.75. The van der Waals surface area contributed by atoms with E-state index in [2.05, 4.69) is 5.32 Å². The van der Waals surface area contributed by atoms with Crippen LogP contribution in [0.1, 0.15) is 6.42 Å². The Kier molecular flexibility index (Phi) is 2.04. The minimum absolute atomic E-state index is 0.0243. The zero-order chi connectivity index (χ0) is 8.60. The fraction of sp³-hybridized carbons (Fsp3) is 1.00. The number of likely N-dealkylation sites (tertiary alicyclic amines) is 1. The van der Waals surface area contributed by atoms with Crippen molar-refractivity contribution in [3.05, 3.63) is 0 Å². The molecule has 0 unspecified atom stereocenters. The maximum absolute atomic E-state index is 12.7. The molecule has 2 aliphatic heterocycles. The largest absolute Gasteiger partial charge is 0.316 e. The first kappa shape index (κ1) is 8.38. The molecule has 0 bridgehead atoms. The number of rotatable bonds is 2. The van der Waals surface area contributed by atoms with E-state index >= 15 is 0 Å². The molecule has 0 aromatic heterocycles. The summed E-state index contributed by atoms with van der Waals surface area (Å²) in [4.78, 5) is 1.88. The Hall–Kier alpha value is -0.220. The molecule has 2 aliphatic rings. The van der Waals surface area contributed by atoms with E-state index in [0.29, 0.717) is 12.5 Å². The number of alkyl halides is 2. The van der Waals surface area contributed by atoms with Gasteiger partial charge < -0.3 is 5.32 Å². The van der Waals surface area contributed by atoms with Crippen LogP contribution in [0.15, 0.2) is 0 Å². The third-order valence-corrected chi connectivity index (χ3v) is 2.63. The van der Waals surface area contributed by atoms with E-state index in [1.165, 1.54) is 0 Å². The monoisotopic (exact) mass is 176 g/mol. The Morgan fingerprint density at radius 1 is 1.42 bits per heavy atom. The summed E-state index contributed by atoms with van der Waals surface area (Å²) in [5.74, 6) is -1.81. The van der Waals surface area contributed by atoms with E-state index in [1.807, 2.05) is 4.90 Å². The normalized spacial score (nSPS) is 30.5. The smallest absolute Gasteiger partial charge is 0.261 e. The second kappa shape index (κ2) is 2.92. The van der Waals surface area contributed by atoms with Crippen molar-refractivity contribution >= 4 is 0 Å². The summed E-state index contributed by atoms with van der Waals surface area (Å²) in [5, 5.41) is 3.14. The van der Waals surface area contributed by atoms with Crippen molar-refractivity contribution in [2.45, 2.75) is 12.3 Å². The Balaban J connectivity index is 1.75. The first-order valence-corrected chi connectivity index (χ1v) is 4.47. The van der Waals surface area contributed by atoms with Gasteiger partial charge in [-0.15, -0.1) is 0 Å². The van der Waals surface area contributed by atoms with Gasteiger partial charge in [0, 0.05) is 32.6 Å². The molecule has 0 aromatic carbocycles. The Morgan fingerprint density at radius 2 is 2.17 bits per heavy atom. The molecule has 0 atom stereocenters. The van der Waals surface area contributed by atoms with Crippen LogP contribution in [-0.2, 0) is 0 Å². The third-order valence-electron chi connectivity index (χ3n) is 2.63. The van der Waals surface area contributed by atoms with Crippen molar-refractivity contribution < 1.29 is 8.78 Å². The molecule has 2 heterocycles. The van der Waals surface area contributed by atoms with Gasteiger partial charge in [-0.25, -0.2) is 8.78 Å². The highest BCUT2D eigenvalue weighted by molar-refractivity contribution is 4.85. The first-order chi connectivity index (χ1) is 5.66. The average molecular weight is 176 g/mol. The molecule has 0 spiro atoms. The predicted molar refractivity (Wildman–Crippen MR) is 42.4 cm³/mol. The number of nitrogens with one attached hydrogen (secondary N) is 1. The van der Waals surface area contributed by atoms with Crippen molar-refractivity contribution in [3.63, 3.8) is 0 Å². The zero-order valence-electron chi connectivity index (χ0n) is 7.02. The van der Waals surface area contributed by atoms with E-state index in [0.717, 1.165) is 19.6 Å². The summed E-state index contributed by atoms with van der Waals surface area (Å²) in [7, 11) is 0. The van der Waals surface area contributed by atoms with Crippen LogP contribution >= 0.6 is 0 Å². The predicted octanol–water partition coefficient (Wildman–Crippen LogP) is 0.547. The standard InChI is InChI=1S/C8H14F2N2/c9-8(10)1-2-12(6-8)5-7-3-11-4-7/h7,11H,1-6H2. The van der Waals surface area contributed by atoms with Crippen LogP contribution in [0.25, 0.3) is 0 Å². The molecule has 1 N–H and O–H groups in total. The van der Waals surface area contributed by atoms with Gasteiger partial charge in [0.1, 0.15) is 0 Å². The van der Waals surface area contributed by atoms with Gasteiger partial charge in [0.2, 0.25) is 0 Å². The molecule has 2 saturated heterocycles. The van der Waals surface area contributed by atoms with E-state index in [1.54, 1.807) is 0 Å². The van der Waals surface area contributed by atoms with Crippen LogP contribution < -0.4 is 5.32 Å². The fourth-order valence-electron chi connectivity index (χ4n) is 1.81. The summed E-state index contributed by atoms with van der Waals surface area (Å²) in [5.41, 5.74) is 0. The highest BCUT2D eigenvalue weighted by Crippen LogP contribution is 2.27. The van der Waals surface area contributed by atoms with Gasteiger partial charge in [-0.1, -0.05) is 0 Å². The minimum atomic E-state index is -2.42. The summed E-state index contributed by atoms with van der Waals surface area (Å²) in [6.07, 6.45) is 0.0488. The van der Waals surface area contributed by atoms with Gasteiger partial charge in [0.15, 0.2) is 0 Å². The first-order valence-electron chi connectivity index (χ1n) is 4.47. The maximum Gasteiger partial charge on any atom is 0.261 e. The molecular formula is C8H14F2N2. The van der Waals surface area contributed by atoms with Gasteiger partial charge in [-0.3, -0.25) is 4.90 Å². The number of hydrogen-bond donors (Lipinski definition) is 1. The minimum Gasteiger partial charge on any atom is -0.316 e. The van der Waals surface area contributed by atoms with Crippen molar-refractivity contribution in [2.75, 3.05) is 32.7 Å². The highest BCUT2D eigenvalue weighted by atomic mass is 19.3. The van der Waals surface area contributed by atoms with Crippen LogP contribution in [0.4, 0.5) is 8.78 Å². The lowest BCUT2D eigenvalue weighted by molar-refractivity contribution is 0.0100. The Labute approximate surface area is 70.9 Å². The number of nitrogens with zero attached hydrogens (tertiary/aromatic N) is 1. The van der Waals surface area contributed by atoms with Crippen molar-refractivity contribution in [1.82, 2.24) is 10.2 Å². The Morgan fingerprint density at radius 3 is 2.58 bits per heavy atom. The SMILES string of the molecule is FC1(F)CCN(CC2CNC2)C1. The van der Waals surface area contributed by atoms with Gasteiger partial charge in [-0.05, 0) is 5.92 Å². The summed E-state index contributed by atoms with van der Waals surface area (Å²) < 4.78 is 25.4. The lowest BCUT2D eigenvalue weighted by Gasteiger charge is -2.30. The van der Waals surface area contributed by atoms with E-state index in [4.69, 9.17) is 0 Å². The molecule has 2 rings (SSSR count). The van der Waals surface area contributed by atoms with Gasteiger partial charge in [0.25, 0.3) is 5.92 Å². The van der Waals surface area contributed by atoms with Crippen LogP contribution in [0.3, 0.4) is 0 Å². The summed E-state index contributed by atoms with van der Waals surface area (Å²) in [6.45, 7) is 3.40. The highest BCUT2D eigenvalue weighted by Gasteiger charge is 2.39. The summed E-state index contributed by atoms with van der Waals surface area (Å²) >= 11 is 0. The molecule has 12 heavy (non-hydrogen) atoms. The summed E-state index contributed by atoms with van der Waals surface area (Å²) in [6, 6.07) is 0. The zero-order valence-corrected chi connectivity index (χ0v) is 7.02. The molecule has 2 fully saturated rings. The Bertz CT molecular complexity index is 168. The molecule has 0 amide bonds. The van der Waals surface area contributed by atoms with Gasteiger partial charge >= 0.3 is 0 Å². The van der Waals surface area contributed by atoms with Crippen LogP contribution in [0, 0.1) is 5.92 Å². The number of halogens is 2. The van der Waals surface area contributed by atoms with Crippen LogP contribution in [-0.4, -0.2) is 43.5 Å². The quantitative estimate of drug-likeness (QED) is 0.661. The van der Waals surface area contributed by atoms with Crippen molar-refractivity contribution in [1.29, 1.82) is 0 Å². The molecule has 70 valence electrons. The second-order valence-corrected chi connectivity index (χ2v) is 3.87.